The number of carbonyl (C=O) groups excluding carboxylic acids is 2. The summed E-state index contributed by atoms with van der Waals surface area (Å²) in [5, 5.41) is 2.45. The number of hydrogen-bond acceptors (Lipinski definition) is 5. The van der Waals surface area contributed by atoms with E-state index in [1.807, 2.05) is 0 Å². The van der Waals surface area contributed by atoms with Crippen LogP contribution in [0.3, 0.4) is 0 Å². The summed E-state index contributed by atoms with van der Waals surface area (Å²) in [7, 11) is 0. The summed E-state index contributed by atoms with van der Waals surface area (Å²) in [5.41, 5.74) is 11.7. The summed E-state index contributed by atoms with van der Waals surface area (Å²) in [6.07, 6.45) is 0. The van der Waals surface area contributed by atoms with E-state index in [1.54, 1.807) is 26.8 Å². The number of nitrogen functional groups attached to an aromatic ring is 2. The van der Waals surface area contributed by atoms with Gasteiger partial charge in [-0.1, -0.05) is 0 Å². The van der Waals surface area contributed by atoms with Crippen molar-refractivity contribution in [2.45, 2.75) is 26.4 Å². The topological polar surface area (TPSA) is 107 Å². The first kappa shape index (κ1) is 14.8. The molecule has 1 aromatic rings. The van der Waals surface area contributed by atoms with Gasteiger partial charge in [-0.25, -0.2) is 0 Å². The Bertz CT molecular complexity index is 472. The molecule has 0 aliphatic carbocycles. The van der Waals surface area contributed by atoms with Gasteiger partial charge in [0.15, 0.2) is 0 Å². The zero-order valence-electron chi connectivity index (χ0n) is 11.3. The van der Waals surface area contributed by atoms with E-state index < -0.39 is 17.5 Å². The minimum atomic E-state index is -0.580. The maximum atomic E-state index is 11.8. The van der Waals surface area contributed by atoms with E-state index in [4.69, 9.17) is 16.2 Å². The molecule has 5 N–H and O–H groups in total. The van der Waals surface area contributed by atoms with Crippen LogP contribution in [0.1, 0.15) is 31.1 Å². The lowest BCUT2D eigenvalue weighted by atomic mass is 10.1. The normalized spacial score (nSPS) is 10.9. The molecule has 0 aromatic heterocycles. The van der Waals surface area contributed by atoms with Gasteiger partial charge in [-0.05, 0) is 39.0 Å². The van der Waals surface area contributed by atoms with E-state index in [9.17, 15) is 9.59 Å². The fourth-order valence-corrected chi connectivity index (χ4v) is 1.44. The molecule has 0 unspecified atom stereocenters. The predicted octanol–water partition coefficient (Wildman–Crippen LogP) is 0.922. The van der Waals surface area contributed by atoms with Crippen molar-refractivity contribution in [1.29, 1.82) is 0 Å². The Morgan fingerprint density at radius 2 is 1.68 bits per heavy atom. The highest BCUT2D eigenvalue weighted by Crippen LogP contribution is 2.13. The highest BCUT2D eigenvalue weighted by atomic mass is 16.6. The molecule has 0 heterocycles. The Balaban J connectivity index is 2.58. The lowest BCUT2D eigenvalue weighted by Crippen LogP contribution is -2.34. The third-order valence-corrected chi connectivity index (χ3v) is 2.05. The Morgan fingerprint density at radius 3 is 2.16 bits per heavy atom. The molecule has 0 atom stereocenters. The minimum absolute atomic E-state index is 0.204. The Hall–Kier alpha value is -2.24. The number of ether oxygens (including phenoxy) is 1. The van der Waals surface area contributed by atoms with Crippen LogP contribution in [0.5, 0.6) is 0 Å². The quantitative estimate of drug-likeness (QED) is 0.556. The molecular formula is C13H19N3O3. The van der Waals surface area contributed by atoms with Crippen LogP contribution in [-0.4, -0.2) is 24.0 Å². The Morgan fingerprint density at radius 1 is 1.16 bits per heavy atom. The SMILES string of the molecule is CC(C)(C)OC(=O)CNC(=O)c1cc(N)cc(N)c1. The van der Waals surface area contributed by atoms with E-state index in [0.29, 0.717) is 16.9 Å². The maximum absolute atomic E-state index is 11.8. The molecule has 0 bridgehead atoms. The Kier molecular flexibility index (Phi) is 4.37. The highest BCUT2D eigenvalue weighted by molar-refractivity contribution is 5.97. The number of esters is 1. The van der Waals surface area contributed by atoms with Crippen molar-refractivity contribution in [3.8, 4) is 0 Å². The molecule has 0 aliphatic heterocycles. The zero-order valence-corrected chi connectivity index (χ0v) is 11.3. The van der Waals surface area contributed by atoms with Gasteiger partial charge in [0.05, 0.1) is 0 Å². The van der Waals surface area contributed by atoms with Gasteiger partial charge in [-0.15, -0.1) is 0 Å². The lowest BCUT2D eigenvalue weighted by molar-refractivity contribution is -0.153. The Labute approximate surface area is 112 Å². The van der Waals surface area contributed by atoms with Crippen molar-refractivity contribution in [1.82, 2.24) is 5.32 Å². The number of nitrogens with two attached hydrogens (primary N) is 2. The molecule has 0 radical (unpaired) electrons. The van der Waals surface area contributed by atoms with Crippen LogP contribution in [-0.2, 0) is 9.53 Å². The summed E-state index contributed by atoms with van der Waals surface area (Å²) >= 11 is 0. The van der Waals surface area contributed by atoms with Gasteiger partial charge in [-0.3, -0.25) is 9.59 Å². The molecule has 0 spiro atoms. The van der Waals surface area contributed by atoms with Crippen molar-refractivity contribution in [2.75, 3.05) is 18.0 Å². The zero-order chi connectivity index (χ0) is 14.6. The first-order valence-electron chi connectivity index (χ1n) is 5.83. The van der Waals surface area contributed by atoms with Crippen LogP contribution >= 0.6 is 0 Å². The fourth-order valence-electron chi connectivity index (χ4n) is 1.44. The van der Waals surface area contributed by atoms with Gasteiger partial charge in [0, 0.05) is 16.9 Å². The van der Waals surface area contributed by atoms with E-state index in [2.05, 4.69) is 5.32 Å². The molecule has 104 valence electrons. The molecule has 0 aliphatic rings. The van der Waals surface area contributed by atoms with Crippen LogP contribution in [0.2, 0.25) is 0 Å². The standard InChI is InChI=1S/C13H19N3O3/c1-13(2,3)19-11(17)7-16-12(18)8-4-9(14)6-10(15)5-8/h4-6H,7,14-15H2,1-3H3,(H,16,18). The molecule has 1 amide bonds. The molecule has 0 saturated heterocycles. The van der Waals surface area contributed by atoms with Crippen LogP contribution in [0.15, 0.2) is 18.2 Å². The smallest absolute Gasteiger partial charge is 0.325 e. The third kappa shape index (κ3) is 5.29. The van der Waals surface area contributed by atoms with Gasteiger partial charge in [0.25, 0.3) is 5.91 Å². The van der Waals surface area contributed by atoms with Crippen LogP contribution < -0.4 is 16.8 Å². The van der Waals surface area contributed by atoms with Crippen LogP contribution in [0, 0.1) is 0 Å². The van der Waals surface area contributed by atoms with Crippen molar-refractivity contribution in [3.63, 3.8) is 0 Å². The van der Waals surface area contributed by atoms with E-state index in [1.165, 1.54) is 12.1 Å². The summed E-state index contributed by atoms with van der Waals surface area (Å²) < 4.78 is 5.07. The summed E-state index contributed by atoms with van der Waals surface area (Å²) in [4.78, 5) is 23.2. The molecule has 6 heteroatoms. The van der Waals surface area contributed by atoms with Crippen LogP contribution in [0.4, 0.5) is 11.4 Å². The van der Waals surface area contributed by atoms with E-state index in [0.717, 1.165) is 0 Å². The van der Waals surface area contributed by atoms with Crippen LogP contribution in [0.25, 0.3) is 0 Å². The first-order valence-corrected chi connectivity index (χ1v) is 5.83. The van der Waals surface area contributed by atoms with E-state index in [-0.39, 0.29) is 6.54 Å². The summed E-state index contributed by atoms with van der Waals surface area (Å²) in [5.74, 6) is -0.928. The largest absolute Gasteiger partial charge is 0.459 e. The molecule has 19 heavy (non-hydrogen) atoms. The molecule has 0 saturated carbocycles. The lowest BCUT2D eigenvalue weighted by Gasteiger charge is -2.19. The average molecular weight is 265 g/mol. The summed E-state index contributed by atoms with van der Waals surface area (Å²) in [6, 6.07) is 4.52. The third-order valence-electron chi connectivity index (χ3n) is 2.05. The van der Waals surface area contributed by atoms with Gasteiger partial charge in [0.1, 0.15) is 12.1 Å². The number of amides is 1. The van der Waals surface area contributed by atoms with Crippen molar-refractivity contribution in [2.24, 2.45) is 0 Å². The molecule has 1 aromatic carbocycles. The second-order valence-corrected chi connectivity index (χ2v) is 5.16. The van der Waals surface area contributed by atoms with Gasteiger partial charge < -0.3 is 21.5 Å². The number of anilines is 2. The highest BCUT2D eigenvalue weighted by Gasteiger charge is 2.17. The van der Waals surface area contributed by atoms with Crippen molar-refractivity contribution >= 4 is 23.3 Å². The molecule has 0 fully saturated rings. The summed E-state index contributed by atoms with van der Waals surface area (Å²) in [6.45, 7) is 5.06. The van der Waals surface area contributed by atoms with Gasteiger partial charge in [0.2, 0.25) is 0 Å². The van der Waals surface area contributed by atoms with E-state index >= 15 is 0 Å². The number of rotatable bonds is 3. The molecular weight excluding hydrogens is 246 g/mol. The number of carbonyl (C=O) groups is 2. The second-order valence-electron chi connectivity index (χ2n) is 5.16. The number of hydrogen-bond donors (Lipinski definition) is 3. The van der Waals surface area contributed by atoms with Crippen molar-refractivity contribution < 1.29 is 14.3 Å². The van der Waals surface area contributed by atoms with Crippen molar-refractivity contribution in [3.05, 3.63) is 23.8 Å². The van der Waals surface area contributed by atoms with Gasteiger partial charge >= 0.3 is 5.97 Å². The maximum Gasteiger partial charge on any atom is 0.325 e. The first-order chi connectivity index (χ1) is 8.67. The van der Waals surface area contributed by atoms with Gasteiger partial charge in [-0.2, -0.15) is 0 Å². The average Bonchev–Trinajstić information content (AvgIpc) is 2.22. The molecule has 1 rings (SSSR count). The minimum Gasteiger partial charge on any atom is -0.459 e. The number of nitrogens with one attached hydrogen (secondary N) is 1. The second kappa shape index (κ2) is 5.60. The predicted molar refractivity (Wildman–Crippen MR) is 73.4 cm³/mol. The fraction of sp³-hybridized carbons (Fsp3) is 0.385. The number of benzene rings is 1. The monoisotopic (exact) mass is 265 g/mol. The molecule has 6 nitrogen and oxygen atoms in total.